The summed E-state index contributed by atoms with van der Waals surface area (Å²) in [6, 6.07) is 11.9. The number of benzene rings is 2. The first-order valence-electron chi connectivity index (χ1n) is 11.6. The van der Waals surface area contributed by atoms with Crippen LogP contribution >= 0.6 is 11.6 Å². The smallest absolute Gasteiger partial charge is 0.252 e. The fraction of sp³-hybridized carbons (Fsp3) is 0.440. The van der Waals surface area contributed by atoms with Gasteiger partial charge < -0.3 is 25.8 Å². The van der Waals surface area contributed by atoms with Crippen molar-refractivity contribution in [2.24, 2.45) is 0 Å². The first kappa shape index (κ1) is 23.2. The quantitative estimate of drug-likeness (QED) is 0.480. The number of piperazine rings is 1. The molecule has 0 atom stereocenters. The van der Waals surface area contributed by atoms with Gasteiger partial charge in [-0.05, 0) is 43.5 Å². The lowest BCUT2D eigenvalue weighted by atomic mass is 10.1. The van der Waals surface area contributed by atoms with Crippen LogP contribution in [0.15, 0.2) is 36.4 Å². The van der Waals surface area contributed by atoms with Crippen molar-refractivity contribution in [3.8, 4) is 0 Å². The standard InChI is InChI=1S/C25H32ClN5O2/c1-18-6-2-3-7-22(18)29-12-14-30(15-13-29)23-17-20(26)19(16-21(23)27)25(33)28-9-5-11-31-10-4-8-24(31)32/h2-3,6-7,16-17H,4-5,8-15,27H2,1H3,(H,28,33). The van der Waals surface area contributed by atoms with Crippen LogP contribution in [0.4, 0.5) is 17.1 Å². The van der Waals surface area contributed by atoms with Crippen molar-refractivity contribution in [1.82, 2.24) is 10.2 Å². The molecule has 0 unspecified atom stereocenters. The van der Waals surface area contributed by atoms with E-state index in [4.69, 9.17) is 17.3 Å². The van der Waals surface area contributed by atoms with Crippen molar-refractivity contribution in [1.29, 1.82) is 0 Å². The summed E-state index contributed by atoms with van der Waals surface area (Å²) in [5.74, 6) is -0.0390. The lowest BCUT2D eigenvalue weighted by Crippen LogP contribution is -2.47. The van der Waals surface area contributed by atoms with Crippen LogP contribution in [0.25, 0.3) is 0 Å². The Bertz CT molecular complexity index is 1020. The first-order chi connectivity index (χ1) is 15.9. The van der Waals surface area contributed by atoms with E-state index in [1.54, 1.807) is 12.1 Å². The number of hydrogen-bond acceptors (Lipinski definition) is 5. The number of nitrogens with zero attached hydrogens (tertiary/aromatic N) is 3. The van der Waals surface area contributed by atoms with Crippen LogP contribution in [0.5, 0.6) is 0 Å². The average Bonchev–Trinajstić information content (AvgIpc) is 3.23. The van der Waals surface area contributed by atoms with Crippen molar-refractivity contribution >= 4 is 40.5 Å². The van der Waals surface area contributed by atoms with Gasteiger partial charge in [0, 0.05) is 57.9 Å². The zero-order valence-electron chi connectivity index (χ0n) is 19.1. The molecular formula is C25H32ClN5O2. The number of hydrogen-bond donors (Lipinski definition) is 2. The van der Waals surface area contributed by atoms with Gasteiger partial charge in [-0.25, -0.2) is 0 Å². The van der Waals surface area contributed by atoms with Gasteiger partial charge in [-0.3, -0.25) is 9.59 Å². The van der Waals surface area contributed by atoms with Gasteiger partial charge in [0.25, 0.3) is 5.91 Å². The number of likely N-dealkylation sites (tertiary alicyclic amines) is 1. The van der Waals surface area contributed by atoms with Gasteiger partial charge >= 0.3 is 0 Å². The number of carbonyl (C=O) groups is 2. The SMILES string of the molecule is Cc1ccccc1N1CCN(c2cc(Cl)c(C(=O)NCCCN3CCCC3=O)cc2N)CC1. The summed E-state index contributed by atoms with van der Waals surface area (Å²) in [5.41, 5.74) is 10.7. The minimum Gasteiger partial charge on any atom is -0.397 e. The van der Waals surface area contributed by atoms with E-state index in [1.807, 2.05) is 4.90 Å². The van der Waals surface area contributed by atoms with E-state index in [2.05, 4.69) is 46.3 Å². The monoisotopic (exact) mass is 469 g/mol. The van der Waals surface area contributed by atoms with Crippen LogP contribution in [0.1, 0.15) is 35.2 Å². The molecule has 0 radical (unpaired) electrons. The lowest BCUT2D eigenvalue weighted by molar-refractivity contribution is -0.127. The van der Waals surface area contributed by atoms with Gasteiger partial charge in [0.05, 0.1) is 22.0 Å². The molecule has 0 bridgehead atoms. The average molecular weight is 470 g/mol. The van der Waals surface area contributed by atoms with Crippen molar-refractivity contribution in [3.63, 3.8) is 0 Å². The van der Waals surface area contributed by atoms with Crippen LogP contribution in [0.3, 0.4) is 0 Å². The fourth-order valence-electron chi connectivity index (χ4n) is 4.64. The normalized spacial score (nSPS) is 16.4. The maximum absolute atomic E-state index is 12.6. The predicted octanol–water partition coefficient (Wildman–Crippen LogP) is 3.30. The number of anilines is 3. The summed E-state index contributed by atoms with van der Waals surface area (Å²) in [7, 11) is 0. The number of amides is 2. The number of halogens is 1. The number of nitrogen functional groups attached to an aromatic ring is 1. The molecule has 0 saturated carbocycles. The summed E-state index contributed by atoms with van der Waals surface area (Å²) >= 11 is 6.49. The number of nitrogens with two attached hydrogens (primary N) is 1. The van der Waals surface area contributed by atoms with E-state index in [0.717, 1.165) is 44.8 Å². The van der Waals surface area contributed by atoms with Gasteiger partial charge in [-0.1, -0.05) is 29.8 Å². The molecule has 7 nitrogen and oxygen atoms in total. The molecule has 2 fully saturated rings. The van der Waals surface area contributed by atoms with Crippen molar-refractivity contribution in [3.05, 3.63) is 52.5 Å². The molecule has 2 amide bonds. The second-order valence-electron chi connectivity index (χ2n) is 8.75. The Morgan fingerprint density at radius 1 is 1.06 bits per heavy atom. The molecule has 3 N–H and O–H groups in total. The molecular weight excluding hydrogens is 438 g/mol. The lowest BCUT2D eigenvalue weighted by Gasteiger charge is -2.38. The molecule has 33 heavy (non-hydrogen) atoms. The summed E-state index contributed by atoms with van der Waals surface area (Å²) in [4.78, 5) is 30.8. The van der Waals surface area contributed by atoms with Crippen LogP contribution in [0, 0.1) is 6.92 Å². The molecule has 8 heteroatoms. The highest BCUT2D eigenvalue weighted by molar-refractivity contribution is 6.34. The molecule has 2 aromatic carbocycles. The highest BCUT2D eigenvalue weighted by Crippen LogP contribution is 2.32. The Hall–Kier alpha value is -2.93. The molecule has 0 spiro atoms. The van der Waals surface area contributed by atoms with Gasteiger partial charge in [-0.2, -0.15) is 0 Å². The third-order valence-corrected chi connectivity index (χ3v) is 6.81. The van der Waals surface area contributed by atoms with Gasteiger partial charge in [0.1, 0.15) is 0 Å². The Labute approximate surface area is 200 Å². The Morgan fingerprint density at radius 2 is 1.76 bits per heavy atom. The fourth-order valence-corrected chi connectivity index (χ4v) is 4.89. The molecule has 2 aliphatic rings. The third kappa shape index (κ3) is 5.36. The van der Waals surface area contributed by atoms with Gasteiger partial charge in [-0.15, -0.1) is 0 Å². The molecule has 4 rings (SSSR count). The molecule has 2 aromatic rings. The van der Waals surface area contributed by atoms with E-state index in [1.165, 1.54) is 11.3 Å². The largest absolute Gasteiger partial charge is 0.397 e. The van der Waals surface area contributed by atoms with Crippen LogP contribution in [0.2, 0.25) is 5.02 Å². The number of para-hydroxylation sites is 1. The molecule has 0 aromatic heterocycles. The molecule has 0 aliphatic carbocycles. The second kappa shape index (κ2) is 10.3. The maximum Gasteiger partial charge on any atom is 0.252 e. The summed E-state index contributed by atoms with van der Waals surface area (Å²) < 4.78 is 0. The van der Waals surface area contributed by atoms with E-state index >= 15 is 0 Å². The molecule has 2 saturated heterocycles. The molecule has 176 valence electrons. The van der Waals surface area contributed by atoms with Crippen LogP contribution in [-0.4, -0.2) is 62.5 Å². The van der Waals surface area contributed by atoms with Crippen molar-refractivity contribution in [2.75, 3.05) is 61.3 Å². The topological polar surface area (TPSA) is 81.9 Å². The van der Waals surface area contributed by atoms with Gasteiger partial charge in [0.2, 0.25) is 5.91 Å². The Kier molecular flexibility index (Phi) is 7.28. The summed E-state index contributed by atoms with van der Waals surface area (Å²) in [5, 5.41) is 3.29. The third-order valence-electron chi connectivity index (χ3n) is 6.50. The Balaban J connectivity index is 1.33. The predicted molar refractivity (Wildman–Crippen MR) is 134 cm³/mol. The maximum atomic E-state index is 12.6. The minimum absolute atomic E-state index is 0.201. The molecule has 2 heterocycles. The minimum atomic E-state index is -0.240. The van der Waals surface area contributed by atoms with Crippen molar-refractivity contribution < 1.29 is 9.59 Å². The highest BCUT2D eigenvalue weighted by atomic mass is 35.5. The van der Waals surface area contributed by atoms with E-state index in [-0.39, 0.29) is 11.8 Å². The zero-order valence-corrected chi connectivity index (χ0v) is 19.9. The van der Waals surface area contributed by atoms with Crippen LogP contribution < -0.4 is 20.9 Å². The number of aryl methyl sites for hydroxylation is 1. The Morgan fingerprint density at radius 3 is 2.42 bits per heavy atom. The summed E-state index contributed by atoms with van der Waals surface area (Å²) in [6.45, 7) is 7.55. The first-order valence-corrected chi connectivity index (χ1v) is 12.0. The zero-order chi connectivity index (χ0) is 23.4. The van der Waals surface area contributed by atoms with Crippen LogP contribution in [-0.2, 0) is 4.79 Å². The van der Waals surface area contributed by atoms with E-state index < -0.39 is 0 Å². The number of carbonyl (C=O) groups excluding carboxylic acids is 2. The summed E-state index contributed by atoms with van der Waals surface area (Å²) in [6.07, 6.45) is 2.27. The second-order valence-corrected chi connectivity index (χ2v) is 9.15. The van der Waals surface area contributed by atoms with Crippen molar-refractivity contribution in [2.45, 2.75) is 26.2 Å². The van der Waals surface area contributed by atoms with Gasteiger partial charge in [0.15, 0.2) is 0 Å². The van der Waals surface area contributed by atoms with E-state index in [9.17, 15) is 9.59 Å². The highest BCUT2D eigenvalue weighted by Gasteiger charge is 2.23. The molecule has 2 aliphatic heterocycles. The number of nitrogens with one attached hydrogen (secondary N) is 1. The number of rotatable bonds is 7. The van der Waals surface area contributed by atoms with E-state index in [0.29, 0.717) is 42.2 Å².